The van der Waals surface area contributed by atoms with E-state index in [4.69, 9.17) is 11.6 Å². The molecule has 0 saturated heterocycles. The number of pyridine rings is 1. The van der Waals surface area contributed by atoms with Gasteiger partial charge >= 0.3 is 5.69 Å². The average Bonchev–Trinajstić information content (AvgIpc) is 2.93. The standard InChI is InChI=1S/C17H18ClN5O3S/c1-12-6-7-13(18)11-15(12)27(25,26)20-9-10-23-17(24)22(2)16(21-23)14-5-3-4-8-19-14/h3-8,11,20H,9-10H2,1-2H3. The van der Waals surface area contributed by atoms with Crippen LogP contribution in [0.4, 0.5) is 0 Å². The number of hydrogen-bond acceptors (Lipinski definition) is 5. The van der Waals surface area contributed by atoms with Crippen LogP contribution in [-0.4, -0.2) is 34.3 Å². The van der Waals surface area contributed by atoms with Crippen LogP contribution in [0.3, 0.4) is 0 Å². The van der Waals surface area contributed by atoms with Gasteiger partial charge in [0.05, 0.1) is 11.4 Å². The lowest BCUT2D eigenvalue weighted by molar-refractivity contribution is 0.550. The number of nitrogens with zero attached hydrogens (tertiary/aromatic N) is 4. The van der Waals surface area contributed by atoms with Gasteiger partial charge in [0.1, 0.15) is 5.69 Å². The molecular formula is C17H18ClN5O3S. The van der Waals surface area contributed by atoms with E-state index < -0.39 is 10.0 Å². The predicted molar refractivity (Wildman–Crippen MR) is 102 cm³/mol. The van der Waals surface area contributed by atoms with Gasteiger partial charge in [0.15, 0.2) is 5.82 Å². The third kappa shape index (κ3) is 4.10. The number of nitrogens with one attached hydrogen (secondary N) is 1. The number of sulfonamides is 1. The first kappa shape index (κ1) is 19.3. The molecule has 142 valence electrons. The van der Waals surface area contributed by atoms with Crippen molar-refractivity contribution in [2.24, 2.45) is 7.05 Å². The number of aromatic nitrogens is 4. The zero-order chi connectivity index (χ0) is 19.6. The molecule has 0 radical (unpaired) electrons. The molecule has 0 aliphatic rings. The van der Waals surface area contributed by atoms with Crippen LogP contribution in [-0.2, 0) is 23.6 Å². The van der Waals surface area contributed by atoms with Crippen molar-refractivity contribution in [2.75, 3.05) is 6.54 Å². The van der Waals surface area contributed by atoms with Crippen LogP contribution >= 0.6 is 11.6 Å². The Morgan fingerprint density at radius 3 is 2.70 bits per heavy atom. The Bertz CT molecular complexity index is 1120. The number of hydrogen-bond donors (Lipinski definition) is 1. The van der Waals surface area contributed by atoms with Crippen LogP contribution < -0.4 is 10.4 Å². The van der Waals surface area contributed by atoms with Gasteiger partial charge in [0.2, 0.25) is 10.0 Å². The van der Waals surface area contributed by atoms with Crippen LogP contribution in [0.1, 0.15) is 5.56 Å². The molecule has 27 heavy (non-hydrogen) atoms. The van der Waals surface area contributed by atoms with Crippen molar-refractivity contribution in [1.82, 2.24) is 24.1 Å². The fourth-order valence-corrected chi connectivity index (χ4v) is 4.11. The van der Waals surface area contributed by atoms with E-state index in [-0.39, 0.29) is 23.7 Å². The first-order chi connectivity index (χ1) is 12.8. The fraction of sp³-hybridized carbons (Fsp3) is 0.235. The van der Waals surface area contributed by atoms with Gasteiger partial charge in [-0.1, -0.05) is 23.7 Å². The summed E-state index contributed by atoms with van der Waals surface area (Å²) in [6.07, 6.45) is 1.61. The molecule has 0 fully saturated rings. The minimum atomic E-state index is -3.75. The van der Waals surface area contributed by atoms with Crippen molar-refractivity contribution >= 4 is 21.6 Å². The second kappa shape index (κ2) is 7.63. The lowest BCUT2D eigenvalue weighted by Crippen LogP contribution is -2.32. The smallest absolute Gasteiger partial charge is 0.277 e. The van der Waals surface area contributed by atoms with Gasteiger partial charge in [-0.3, -0.25) is 9.55 Å². The molecule has 10 heteroatoms. The Hall–Kier alpha value is -2.49. The molecule has 3 rings (SSSR count). The Labute approximate surface area is 161 Å². The fourth-order valence-electron chi connectivity index (χ4n) is 2.58. The summed E-state index contributed by atoms with van der Waals surface area (Å²) in [5.74, 6) is 0.411. The molecule has 3 aromatic rings. The highest BCUT2D eigenvalue weighted by Gasteiger charge is 2.18. The Morgan fingerprint density at radius 2 is 2.00 bits per heavy atom. The molecule has 0 aliphatic heterocycles. The topological polar surface area (TPSA) is 98.9 Å². The largest absolute Gasteiger partial charge is 0.346 e. The van der Waals surface area contributed by atoms with Crippen molar-refractivity contribution in [2.45, 2.75) is 18.4 Å². The molecule has 0 spiro atoms. The normalized spacial score (nSPS) is 11.7. The molecule has 1 N–H and O–H groups in total. The van der Waals surface area contributed by atoms with E-state index in [0.717, 1.165) is 0 Å². The molecule has 8 nitrogen and oxygen atoms in total. The van der Waals surface area contributed by atoms with Crippen LogP contribution in [0, 0.1) is 6.92 Å². The van der Waals surface area contributed by atoms with Crippen molar-refractivity contribution in [1.29, 1.82) is 0 Å². The SMILES string of the molecule is Cc1ccc(Cl)cc1S(=O)(=O)NCCn1nc(-c2ccccn2)n(C)c1=O. The maximum Gasteiger partial charge on any atom is 0.346 e. The monoisotopic (exact) mass is 407 g/mol. The quantitative estimate of drug-likeness (QED) is 0.668. The molecule has 0 unspecified atom stereocenters. The number of aryl methyl sites for hydroxylation is 1. The number of rotatable bonds is 6. The molecule has 2 heterocycles. The van der Waals surface area contributed by atoms with E-state index in [1.165, 1.54) is 15.3 Å². The zero-order valence-electron chi connectivity index (χ0n) is 14.8. The van der Waals surface area contributed by atoms with Crippen molar-refractivity contribution in [3.8, 4) is 11.5 Å². The van der Waals surface area contributed by atoms with Gasteiger partial charge in [-0.05, 0) is 36.8 Å². The van der Waals surface area contributed by atoms with Gasteiger partial charge in [-0.2, -0.15) is 0 Å². The molecule has 2 aromatic heterocycles. The first-order valence-corrected chi connectivity index (χ1v) is 9.97. The molecular weight excluding hydrogens is 390 g/mol. The van der Waals surface area contributed by atoms with E-state index in [1.54, 1.807) is 50.5 Å². The molecule has 0 amide bonds. The summed E-state index contributed by atoms with van der Waals surface area (Å²) in [5, 5.41) is 4.59. The van der Waals surface area contributed by atoms with E-state index in [2.05, 4.69) is 14.8 Å². The average molecular weight is 408 g/mol. The zero-order valence-corrected chi connectivity index (χ0v) is 16.3. The summed E-state index contributed by atoms with van der Waals surface area (Å²) in [4.78, 5) is 16.6. The minimum absolute atomic E-state index is 0.00681. The van der Waals surface area contributed by atoms with E-state index in [1.807, 2.05) is 0 Å². The Kier molecular flexibility index (Phi) is 5.45. The molecule has 0 atom stereocenters. The van der Waals surface area contributed by atoms with E-state index >= 15 is 0 Å². The van der Waals surface area contributed by atoms with Crippen LogP contribution in [0.15, 0.2) is 52.3 Å². The second-order valence-corrected chi connectivity index (χ2v) is 8.08. The maximum atomic E-state index is 12.5. The summed E-state index contributed by atoms with van der Waals surface area (Å²) in [6, 6.07) is 9.97. The van der Waals surface area contributed by atoms with Crippen LogP contribution in [0.2, 0.25) is 5.02 Å². The van der Waals surface area contributed by atoms with Crippen LogP contribution in [0.5, 0.6) is 0 Å². The maximum absolute atomic E-state index is 12.5. The first-order valence-electron chi connectivity index (χ1n) is 8.10. The third-order valence-corrected chi connectivity index (χ3v) is 5.83. The highest BCUT2D eigenvalue weighted by atomic mass is 35.5. The third-order valence-electron chi connectivity index (χ3n) is 3.99. The summed E-state index contributed by atoms with van der Waals surface area (Å²) < 4.78 is 30.0. The minimum Gasteiger partial charge on any atom is -0.277 e. The molecule has 0 saturated carbocycles. The van der Waals surface area contributed by atoms with E-state index in [9.17, 15) is 13.2 Å². The lowest BCUT2D eigenvalue weighted by Gasteiger charge is -2.09. The molecule has 0 aliphatic carbocycles. The Morgan fingerprint density at radius 1 is 1.22 bits per heavy atom. The van der Waals surface area contributed by atoms with Crippen molar-refractivity contribution in [3.05, 3.63) is 63.7 Å². The highest BCUT2D eigenvalue weighted by molar-refractivity contribution is 7.89. The summed E-state index contributed by atoms with van der Waals surface area (Å²) in [6.45, 7) is 1.78. The second-order valence-electron chi connectivity index (χ2n) is 5.91. The van der Waals surface area contributed by atoms with E-state index in [0.29, 0.717) is 22.1 Å². The number of halogens is 1. The van der Waals surface area contributed by atoms with Crippen molar-refractivity contribution < 1.29 is 8.42 Å². The lowest BCUT2D eigenvalue weighted by atomic mass is 10.2. The summed E-state index contributed by atoms with van der Waals surface area (Å²) in [7, 11) is -2.16. The number of benzene rings is 1. The summed E-state index contributed by atoms with van der Waals surface area (Å²) >= 11 is 5.90. The van der Waals surface area contributed by atoms with Gasteiger partial charge in [-0.25, -0.2) is 22.6 Å². The van der Waals surface area contributed by atoms with Gasteiger partial charge in [0.25, 0.3) is 0 Å². The van der Waals surface area contributed by atoms with Crippen LogP contribution in [0.25, 0.3) is 11.5 Å². The molecule has 1 aromatic carbocycles. The van der Waals surface area contributed by atoms with Gasteiger partial charge < -0.3 is 0 Å². The summed E-state index contributed by atoms with van der Waals surface area (Å²) in [5.41, 5.74) is 0.791. The highest BCUT2D eigenvalue weighted by Crippen LogP contribution is 2.19. The van der Waals surface area contributed by atoms with Gasteiger partial charge in [0, 0.05) is 24.8 Å². The predicted octanol–water partition coefficient (Wildman–Crippen LogP) is 1.58. The Balaban J connectivity index is 1.76. The van der Waals surface area contributed by atoms with Crippen molar-refractivity contribution in [3.63, 3.8) is 0 Å². The van der Waals surface area contributed by atoms with Gasteiger partial charge in [-0.15, -0.1) is 5.10 Å². The molecule has 0 bridgehead atoms.